The zero-order valence-corrected chi connectivity index (χ0v) is 14.6. The molecule has 2 aromatic carbocycles. The number of benzene rings is 2. The summed E-state index contributed by atoms with van der Waals surface area (Å²) in [5.41, 5.74) is 6.02. The van der Waals surface area contributed by atoms with Gasteiger partial charge >= 0.3 is 5.97 Å². The highest BCUT2D eigenvalue weighted by Crippen LogP contribution is 2.29. The van der Waals surface area contributed by atoms with E-state index in [0.717, 1.165) is 37.0 Å². The number of methoxy groups -OCH3 is 1. The largest absolute Gasteiger partial charge is 0.465 e. The molecule has 5 nitrogen and oxygen atoms in total. The van der Waals surface area contributed by atoms with Gasteiger partial charge in [0.05, 0.1) is 24.3 Å². The zero-order valence-electron chi connectivity index (χ0n) is 14.6. The smallest absolute Gasteiger partial charge is 0.337 e. The topological polar surface area (TPSA) is 69.1 Å². The summed E-state index contributed by atoms with van der Waals surface area (Å²) in [7, 11) is 1.40. The summed E-state index contributed by atoms with van der Waals surface area (Å²) in [6.45, 7) is 2.65. The molecule has 0 atom stereocenters. The number of carbonyl (C=O) groups excluding carboxylic acids is 1. The summed E-state index contributed by atoms with van der Waals surface area (Å²) in [6.07, 6.45) is 0.952. The summed E-state index contributed by atoms with van der Waals surface area (Å²) in [4.78, 5) is 17.7. The molecule has 0 fully saturated rings. The molecule has 1 aliphatic heterocycles. The van der Waals surface area contributed by atoms with Gasteiger partial charge in [-0.15, -0.1) is 0 Å². The average Bonchev–Trinajstić information content (AvgIpc) is 3.05. The molecule has 130 valence electrons. The fraction of sp³-hybridized carbons (Fsp3) is 0.238. The fourth-order valence-electron chi connectivity index (χ4n) is 3.59. The number of hydrogen-bond acceptors (Lipinski definition) is 4. The number of fused-ring (bicyclic) bond motifs is 3. The third kappa shape index (κ3) is 2.96. The second-order valence-electron chi connectivity index (χ2n) is 6.60. The number of rotatable bonds is 3. The number of hydrogen-bond donors (Lipinski definition) is 1. The van der Waals surface area contributed by atoms with E-state index in [4.69, 9.17) is 10.00 Å². The molecule has 5 heteroatoms. The van der Waals surface area contributed by atoms with Gasteiger partial charge in [-0.3, -0.25) is 4.90 Å². The van der Waals surface area contributed by atoms with Crippen molar-refractivity contribution in [3.63, 3.8) is 0 Å². The van der Waals surface area contributed by atoms with Crippen LogP contribution in [0, 0.1) is 11.3 Å². The van der Waals surface area contributed by atoms with Crippen LogP contribution in [0.4, 0.5) is 0 Å². The number of aromatic amines is 1. The summed E-state index contributed by atoms with van der Waals surface area (Å²) in [5.74, 6) is -0.313. The minimum Gasteiger partial charge on any atom is -0.465 e. The number of nitrogens with zero attached hydrogens (tertiary/aromatic N) is 2. The van der Waals surface area contributed by atoms with Crippen molar-refractivity contribution in [1.82, 2.24) is 9.88 Å². The predicted molar refractivity (Wildman–Crippen MR) is 98.6 cm³/mol. The van der Waals surface area contributed by atoms with Gasteiger partial charge in [-0.2, -0.15) is 5.26 Å². The molecule has 0 amide bonds. The maximum absolute atomic E-state index is 11.8. The van der Waals surface area contributed by atoms with Crippen LogP contribution in [0.15, 0.2) is 42.5 Å². The highest BCUT2D eigenvalue weighted by Gasteiger charge is 2.21. The zero-order chi connectivity index (χ0) is 18.1. The number of esters is 1. The molecule has 1 aromatic heterocycles. The van der Waals surface area contributed by atoms with Crippen molar-refractivity contribution in [2.75, 3.05) is 13.7 Å². The van der Waals surface area contributed by atoms with E-state index in [1.54, 1.807) is 6.07 Å². The van der Waals surface area contributed by atoms with Crippen LogP contribution in [0.1, 0.15) is 32.7 Å². The summed E-state index contributed by atoms with van der Waals surface area (Å²) >= 11 is 0. The molecule has 0 saturated carbocycles. The number of aromatic nitrogens is 1. The first-order chi connectivity index (χ1) is 12.7. The third-order valence-electron chi connectivity index (χ3n) is 4.96. The molecule has 0 saturated heterocycles. The van der Waals surface area contributed by atoms with Crippen LogP contribution in [0.25, 0.3) is 10.9 Å². The van der Waals surface area contributed by atoms with Crippen molar-refractivity contribution < 1.29 is 9.53 Å². The van der Waals surface area contributed by atoms with Crippen molar-refractivity contribution in [2.24, 2.45) is 0 Å². The molecule has 3 aromatic rings. The molecule has 1 aliphatic rings. The Balaban J connectivity index is 1.60. The van der Waals surface area contributed by atoms with Crippen molar-refractivity contribution in [3.05, 3.63) is 70.4 Å². The molecule has 0 spiro atoms. The van der Waals surface area contributed by atoms with E-state index >= 15 is 0 Å². The Morgan fingerprint density at radius 3 is 2.81 bits per heavy atom. The van der Waals surface area contributed by atoms with Crippen LogP contribution in [-0.2, 0) is 24.2 Å². The molecule has 0 bridgehead atoms. The van der Waals surface area contributed by atoms with E-state index in [1.165, 1.54) is 23.9 Å². The van der Waals surface area contributed by atoms with Gasteiger partial charge in [0, 0.05) is 42.7 Å². The van der Waals surface area contributed by atoms with Crippen LogP contribution >= 0.6 is 0 Å². The van der Waals surface area contributed by atoms with E-state index in [0.29, 0.717) is 11.1 Å². The number of H-pyrrole nitrogens is 1. The molecule has 26 heavy (non-hydrogen) atoms. The van der Waals surface area contributed by atoms with Crippen LogP contribution in [0.2, 0.25) is 0 Å². The molecular formula is C21H19N3O2. The van der Waals surface area contributed by atoms with Gasteiger partial charge < -0.3 is 9.72 Å². The van der Waals surface area contributed by atoms with E-state index in [9.17, 15) is 4.79 Å². The Labute approximate surface area is 151 Å². The van der Waals surface area contributed by atoms with Gasteiger partial charge in [0.25, 0.3) is 0 Å². The highest BCUT2D eigenvalue weighted by atomic mass is 16.5. The molecule has 1 N–H and O–H groups in total. The lowest BCUT2D eigenvalue weighted by Gasteiger charge is -2.27. The minimum atomic E-state index is -0.313. The first kappa shape index (κ1) is 16.4. The quantitative estimate of drug-likeness (QED) is 0.739. The van der Waals surface area contributed by atoms with Crippen LogP contribution < -0.4 is 0 Å². The summed E-state index contributed by atoms with van der Waals surface area (Å²) in [6, 6.07) is 15.6. The fourth-order valence-corrected chi connectivity index (χ4v) is 3.59. The van der Waals surface area contributed by atoms with Crippen LogP contribution in [-0.4, -0.2) is 29.5 Å². The average molecular weight is 345 g/mol. The Morgan fingerprint density at radius 1 is 1.27 bits per heavy atom. The Bertz CT molecular complexity index is 1010. The lowest BCUT2D eigenvalue weighted by atomic mass is 10.0. The number of nitrogens with one attached hydrogen (secondary N) is 1. The second kappa shape index (κ2) is 6.66. The van der Waals surface area contributed by atoms with Crippen molar-refractivity contribution in [1.29, 1.82) is 5.26 Å². The van der Waals surface area contributed by atoms with Crippen molar-refractivity contribution in [2.45, 2.75) is 19.5 Å². The first-order valence-corrected chi connectivity index (χ1v) is 8.61. The summed E-state index contributed by atoms with van der Waals surface area (Å²) in [5, 5.41) is 10.0. The second-order valence-corrected chi connectivity index (χ2v) is 6.60. The Morgan fingerprint density at radius 2 is 2.08 bits per heavy atom. The predicted octanol–water partition coefficient (Wildman–Crippen LogP) is 3.38. The standard InChI is InChI=1S/C21H19N3O2/c1-26-21(25)16-6-7-19-17(10-16)18-13-24(9-8-20(18)23-19)12-15-4-2-14(11-22)3-5-15/h2-7,10,23H,8-9,12-13H2,1H3. The number of ether oxygens (including phenoxy) is 1. The summed E-state index contributed by atoms with van der Waals surface area (Å²) < 4.78 is 4.84. The van der Waals surface area contributed by atoms with Gasteiger partial charge in [0.2, 0.25) is 0 Å². The molecule has 0 aliphatic carbocycles. The van der Waals surface area contributed by atoms with Gasteiger partial charge in [-0.1, -0.05) is 12.1 Å². The number of nitriles is 1. The monoisotopic (exact) mass is 345 g/mol. The minimum absolute atomic E-state index is 0.313. The Hall–Kier alpha value is -3.10. The van der Waals surface area contributed by atoms with E-state index < -0.39 is 0 Å². The van der Waals surface area contributed by atoms with E-state index in [2.05, 4.69) is 16.0 Å². The third-order valence-corrected chi connectivity index (χ3v) is 4.96. The maximum Gasteiger partial charge on any atom is 0.337 e. The van der Waals surface area contributed by atoms with Gasteiger partial charge in [0.15, 0.2) is 0 Å². The van der Waals surface area contributed by atoms with E-state index in [-0.39, 0.29) is 5.97 Å². The van der Waals surface area contributed by atoms with E-state index in [1.807, 2.05) is 36.4 Å². The van der Waals surface area contributed by atoms with Gasteiger partial charge in [-0.25, -0.2) is 4.79 Å². The highest BCUT2D eigenvalue weighted by molar-refractivity contribution is 5.96. The van der Waals surface area contributed by atoms with Gasteiger partial charge in [0.1, 0.15) is 0 Å². The van der Waals surface area contributed by atoms with Crippen molar-refractivity contribution in [3.8, 4) is 6.07 Å². The number of carbonyl (C=O) groups is 1. The molecule has 0 radical (unpaired) electrons. The molecule has 0 unspecified atom stereocenters. The van der Waals surface area contributed by atoms with Crippen LogP contribution in [0.5, 0.6) is 0 Å². The Kier molecular flexibility index (Phi) is 4.19. The van der Waals surface area contributed by atoms with Crippen molar-refractivity contribution >= 4 is 16.9 Å². The lowest BCUT2D eigenvalue weighted by molar-refractivity contribution is 0.0601. The van der Waals surface area contributed by atoms with Crippen LogP contribution in [0.3, 0.4) is 0 Å². The SMILES string of the molecule is COC(=O)c1ccc2[nH]c3c(c2c1)CN(Cc1ccc(C#N)cc1)CC3. The maximum atomic E-state index is 11.8. The molecular weight excluding hydrogens is 326 g/mol. The molecule has 4 rings (SSSR count). The first-order valence-electron chi connectivity index (χ1n) is 8.61. The normalized spacial score (nSPS) is 14.0. The molecule has 2 heterocycles. The van der Waals surface area contributed by atoms with Gasteiger partial charge in [-0.05, 0) is 41.5 Å². The lowest BCUT2D eigenvalue weighted by Crippen LogP contribution is -2.29.